The molecule has 0 fully saturated rings. The second kappa shape index (κ2) is 5.84. The minimum absolute atomic E-state index is 0.0814. The maximum absolute atomic E-state index is 11.0. The summed E-state index contributed by atoms with van der Waals surface area (Å²) in [6, 6.07) is 0. The van der Waals surface area contributed by atoms with Gasteiger partial charge in [-0.25, -0.2) is 0 Å². The number of aliphatic carboxylic acids is 2. The Labute approximate surface area is 109 Å². The van der Waals surface area contributed by atoms with Gasteiger partial charge in [-0.2, -0.15) is 0 Å². The van der Waals surface area contributed by atoms with E-state index in [4.69, 9.17) is 14.6 Å². The van der Waals surface area contributed by atoms with Crippen LogP contribution < -0.4 is 0 Å². The minimum Gasteiger partial charge on any atom is -0.481 e. The largest absolute Gasteiger partial charge is 0.481 e. The Bertz CT molecular complexity index is 319. The summed E-state index contributed by atoms with van der Waals surface area (Å²) in [6.45, 7) is 11.5. The summed E-state index contributed by atoms with van der Waals surface area (Å²) in [5, 5.41) is 17.8. The molecule has 106 valence electrons. The van der Waals surface area contributed by atoms with Crippen molar-refractivity contribution in [1.29, 1.82) is 0 Å². The summed E-state index contributed by atoms with van der Waals surface area (Å²) >= 11 is 0. The lowest BCUT2D eigenvalue weighted by atomic mass is 10.0. The average Bonchev–Trinajstić information content (AvgIpc) is 2.12. The van der Waals surface area contributed by atoms with Gasteiger partial charge in [0, 0.05) is 0 Å². The molecule has 0 amide bonds. The molecule has 0 aromatic rings. The second-order valence-corrected chi connectivity index (χ2v) is 10.9. The molecule has 0 rings (SSSR count). The first kappa shape index (κ1) is 17.1. The SMILES string of the molecule is C[C@@H](C(=O)O)C(CC(=O)O)O[Si](C)(C)C(C)(C)C. The fourth-order valence-corrected chi connectivity index (χ4v) is 2.60. The quantitative estimate of drug-likeness (QED) is 0.728. The van der Waals surface area contributed by atoms with E-state index in [1.165, 1.54) is 6.92 Å². The van der Waals surface area contributed by atoms with E-state index in [0.29, 0.717) is 0 Å². The van der Waals surface area contributed by atoms with Gasteiger partial charge in [0.2, 0.25) is 0 Å². The molecule has 0 aliphatic heterocycles. The van der Waals surface area contributed by atoms with E-state index in [0.717, 1.165) is 0 Å². The van der Waals surface area contributed by atoms with Gasteiger partial charge in [0.05, 0.1) is 18.4 Å². The lowest BCUT2D eigenvalue weighted by Crippen LogP contribution is -2.47. The van der Waals surface area contributed by atoms with Crippen LogP contribution in [0.1, 0.15) is 34.1 Å². The molecule has 0 aliphatic rings. The molecule has 0 aromatic heterocycles. The van der Waals surface area contributed by atoms with Crippen LogP contribution in [0.2, 0.25) is 18.1 Å². The molecule has 0 saturated heterocycles. The number of carboxylic acid groups (broad SMARTS) is 2. The van der Waals surface area contributed by atoms with Crippen LogP contribution in [0.5, 0.6) is 0 Å². The van der Waals surface area contributed by atoms with Crippen molar-refractivity contribution < 1.29 is 24.2 Å². The zero-order valence-electron chi connectivity index (χ0n) is 12.0. The molecule has 0 saturated carbocycles. The summed E-state index contributed by atoms with van der Waals surface area (Å²) < 4.78 is 5.91. The van der Waals surface area contributed by atoms with Crippen LogP contribution in [0, 0.1) is 5.92 Å². The number of carboxylic acids is 2. The van der Waals surface area contributed by atoms with Crippen molar-refractivity contribution in [3.63, 3.8) is 0 Å². The standard InChI is InChI=1S/C12H24O5Si/c1-8(11(15)16)9(7-10(13)14)17-18(5,6)12(2,3)4/h8-9H,7H2,1-6H3,(H,13,14)(H,15,16)/t8-,9?/m1/s1. The highest BCUT2D eigenvalue weighted by Gasteiger charge is 2.41. The molecule has 18 heavy (non-hydrogen) atoms. The monoisotopic (exact) mass is 276 g/mol. The summed E-state index contributed by atoms with van der Waals surface area (Å²) in [4.78, 5) is 21.8. The Kier molecular flexibility index (Phi) is 5.55. The maximum atomic E-state index is 11.0. The molecular weight excluding hydrogens is 252 g/mol. The zero-order valence-corrected chi connectivity index (χ0v) is 13.0. The van der Waals surface area contributed by atoms with Gasteiger partial charge < -0.3 is 14.6 Å². The van der Waals surface area contributed by atoms with E-state index in [1.54, 1.807) is 0 Å². The third-order valence-corrected chi connectivity index (χ3v) is 8.08. The highest BCUT2D eigenvalue weighted by molar-refractivity contribution is 6.74. The van der Waals surface area contributed by atoms with Crippen LogP contribution in [0.3, 0.4) is 0 Å². The fourth-order valence-electron chi connectivity index (χ4n) is 1.21. The van der Waals surface area contributed by atoms with Gasteiger partial charge in [0.25, 0.3) is 0 Å². The summed E-state index contributed by atoms with van der Waals surface area (Å²) in [6.07, 6.45) is -1.05. The average molecular weight is 276 g/mol. The van der Waals surface area contributed by atoms with Crippen LogP contribution in [-0.2, 0) is 14.0 Å². The van der Waals surface area contributed by atoms with Crippen LogP contribution >= 0.6 is 0 Å². The van der Waals surface area contributed by atoms with Gasteiger partial charge in [-0.3, -0.25) is 9.59 Å². The Morgan fingerprint density at radius 2 is 1.67 bits per heavy atom. The van der Waals surface area contributed by atoms with Gasteiger partial charge in [-0.15, -0.1) is 0 Å². The first-order chi connectivity index (χ1) is 7.88. The highest BCUT2D eigenvalue weighted by atomic mass is 28.4. The van der Waals surface area contributed by atoms with Gasteiger partial charge in [-0.1, -0.05) is 20.8 Å². The van der Waals surface area contributed by atoms with E-state index in [9.17, 15) is 9.59 Å². The molecule has 2 N–H and O–H groups in total. The summed E-state index contributed by atoms with van der Waals surface area (Å²) in [5.41, 5.74) is 0. The van der Waals surface area contributed by atoms with E-state index in [1.807, 2.05) is 33.9 Å². The first-order valence-electron chi connectivity index (χ1n) is 6.01. The molecule has 2 atom stereocenters. The zero-order chi connectivity index (χ0) is 14.7. The van der Waals surface area contributed by atoms with E-state index in [-0.39, 0.29) is 11.5 Å². The van der Waals surface area contributed by atoms with Crippen molar-refractivity contribution >= 4 is 20.3 Å². The van der Waals surface area contributed by atoms with Gasteiger partial charge in [0.1, 0.15) is 0 Å². The predicted octanol–water partition coefficient (Wildman–Crippen LogP) is 2.57. The van der Waals surface area contributed by atoms with Crippen molar-refractivity contribution in [2.24, 2.45) is 5.92 Å². The van der Waals surface area contributed by atoms with Crippen LogP contribution in [0.15, 0.2) is 0 Å². The molecule has 0 aromatic carbocycles. The summed E-state index contributed by atoms with van der Waals surface area (Å²) in [7, 11) is -2.17. The Morgan fingerprint density at radius 1 is 1.22 bits per heavy atom. The lowest BCUT2D eigenvalue weighted by molar-refractivity contribution is -0.147. The number of carbonyl (C=O) groups is 2. The Hall–Kier alpha value is -0.883. The third kappa shape index (κ3) is 4.78. The highest BCUT2D eigenvalue weighted by Crippen LogP contribution is 2.38. The van der Waals surface area contributed by atoms with Gasteiger partial charge >= 0.3 is 11.9 Å². The van der Waals surface area contributed by atoms with Gasteiger partial charge in [-0.05, 0) is 25.1 Å². The van der Waals surface area contributed by atoms with E-state index < -0.39 is 32.3 Å². The Balaban J connectivity index is 5.01. The molecule has 0 heterocycles. The van der Waals surface area contributed by atoms with E-state index in [2.05, 4.69) is 0 Å². The van der Waals surface area contributed by atoms with Crippen molar-refractivity contribution in [1.82, 2.24) is 0 Å². The summed E-state index contributed by atoms with van der Waals surface area (Å²) in [5.74, 6) is -2.89. The minimum atomic E-state index is -2.17. The molecule has 0 radical (unpaired) electrons. The molecule has 0 bridgehead atoms. The van der Waals surface area contributed by atoms with Crippen molar-refractivity contribution in [2.75, 3.05) is 0 Å². The first-order valence-corrected chi connectivity index (χ1v) is 8.91. The topological polar surface area (TPSA) is 83.8 Å². The maximum Gasteiger partial charge on any atom is 0.308 e. The molecular formula is C12H24O5Si. The number of rotatable bonds is 6. The van der Waals surface area contributed by atoms with Crippen molar-refractivity contribution in [3.8, 4) is 0 Å². The molecule has 0 aliphatic carbocycles. The normalized spacial score (nSPS) is 16.1. The lowest BCUT2D eigenvalue weighted by Gasteiger charge is -2.39. The molecule has 5 nitrogen and oxygen atoms in total. The number of hydrogen-bond acceptors (Lipinski definition) is 3. The molecule has 0 spiro atoms. The van der Waals surface area contributed by atoms with Crippen LogP contribution in [0.4, 0.5) is 0 Å². The van der Waals surface area contributed by atoms with Crippen LogP contribution in [-0.4, -0.2) is 36.6 Å². The number of hydrogen-bond donors (Lipinski definition) is 2. The predicted molar refractivity (Wildman–Crippen MR) is 71.1 cm³/mol. The molecule has 1 unspecified atom stereocenters. The molecule has 6 heteroatoms. The van der Waals surface area contributed by atoms with E-state index >= 15 is 0 Å². The van der Waals surface area contributed by atoms with Crippen LogP contribution in [0.25, 0.3) is 0 Å². The fraction of sp³-hybridized carbons (Fsp3) is 0.833. The van der Waals surface area contributed by atoms with Crippen molar-refractivity contribution in [3.05, 3.63) is 0 Å². The second-order valence-electron chi connectivity index (χ2n) is 6.14. The third-order valence-electron chi connectivity index (χ3n) is 3.58. The van der Waals surface area contributed by atoms with Gasteiger partial charge in [0.15, 0.2) is 8.32 Å². The Morgan fingerprint density at radius 3 is 1.94 bits per heavy atom. The smallest absolute Gasteiger partial charge is 0.308 e. The van der Waals surface area contributed by atoms with Crippen molar-refractivity contribution in [2.45, 2.75) is 58.4 Å².